The Morgan fingerprint density at radius 3 is 1.94 bits per heavy atom. The summed E-state index contributed by atoms with van der Waals surface area (Å²) in [5.74, 6) is 0.827. The lowest BCUT2D eigenvalue weighted by Gasteiger charge is -2.21. The highest BCUT2D eigenvalue weighted by Crippen LogP contribution is 2.52. The second kappa shape index (κ2) is 15.0. The van der Waals surface area contributed by atoms with Crippen molar-refractivity contribution in [3.63, 3.8) is 0 Å². The van der Waals surface area contributed by atoms with Crippen LogP contribution in [-0.2, 0) is 5.41 Å². The van der Waals surface area contributed by atoms with Crippen molar-refractivity contribution in [1.29, 1.82) is 5.26 Å². The van der Waals surface area contributed by atoms with E-state index >= 15 is 0 Å². The fourth-order valence-electron chi connectivity index (χ4n) is 11.1. The zero-order valence-electron chi connectivity index (χ0n) is 37.1. The first kappa shape index (κ1) is 38.8. The van der Waals surface area contributed by atoms with Gasteiger partial charge in [0.25, 0.3) is 0 Å². The number of nitriles is 1. The van der Waals surface area contributed by atoms with Gasteiger partial charge in [0, 0.05) is 44.5 Å². The molecule has 0 radical (unpaired) electrons. The summed E-state index contributed by atoms with van der Waals surface area (Å²) in [6.45, 7) is 4.70. The molecule has 0 aliphatic heterocycles. The van der Waals surface area contributed by atoms with Crippen LogP contribution in [0, 0.1) is 11.3 Å². The van der Waals surface area contributed by atoms with Gasteiger partial charge in [-0.2, -0.15) is 5.26 Å². The zero-order chi connectivity index (χ0) is 44.8. The fourth-order valence-corrected chi connectivity index (χ4v) is 11.1. The molecule has 0 N–H and O–H groups in total. The van der Waals surface area contributed by atoms with Crippen molar-refractivity contribution in [2.75, 3.05) is 0 Å². The molecule has 4 heteroatoms. The highest BCUT2D eigenvalue weighted by Gasteiger charge is 2.36. The van der Waals surface area contributed by atoms with E-state index in [1.54, 1.807) is 0 Å². The Balaban J connectivity index is 1.00. The van der Waals surface area contributed by atoms with E-state index < -0.39 is 0 Å². The van der Waals surface area contributed by atoms with Crippen LogP contribution in [0.1, 0.15) is 53.1 Å². The molecule has 9 aromatic carbocycles. The van der Waals surface area contributed by atoms with E-state index in [1.165, 1.54) is 72.0 Å². The third-order valence-electron chi connectivity index (χ3n) is 14.3. The van der Waals surface area contributed by atoms with Crippen LogP contribution >= 0.6 is 0 Å². The van der Waals surface area contributed by atoms with Gasteiger partial charge in [-0.15, -0.1) is 0 Å². The topological polar surface area (TPSA) is 54.5 Å². The van der Waals surface area contributed by atoms with Crippen LogP contribution in [0.25, 0.3) is 94.8 Å². The molecule has 67 heavy (non-hydrogen) atoms. The Morgan fingerprint density at radius 1 is 0.448 bits per heavy atom. The maximum Gasteiger partial charge on any atom is 0.160 e. The SMILES string of the molecule is CC1(C)c2ccccc2-c2cc3c4cc(-c5ccc6c(c5)-c5ccccc5C6c5ccccc5)ccc4n(-c4cccc(-c5nc(-c6ccccc6)cc(-c6cccc(C#N)c6)n5)c4)c3cc21. The largest absolute Gasteiger partial charge is 0.309 e. The van der Waals surface area contributed by atoms with Crippen molar-refractivity contribution in [2.24, 2.45) is 0 Å². The van der Waals surface area contributed by atoms with Gasteiger partial charge in [-0.1, -0.05) is 166 Å². The Morgan fingerprint density at radius 2 is 1.10 bits per heavy atom. The number of hydrogen-bond donors (Lipinski definition) is 0. The van der Waals surface area contributed by atoms with Gasteiger partial charge in [-0.05, 0) is 122 Å². The summed E-state index contributed by atoms with van der Waals surface area (Å²) in [6.07, 6.45) is 0. The molecule has 0 saturated heterocycles. The zero-order valence-corrected chi connectivity index (χ0v) is 37.1. The molecule has 4 nitrogen and oxygen atoms in total. The Hall–Kier alpha value is -8.65. The summed E-state index contributed by atoms with van der Waals surface area (Å²) in [5.41, 5.74) is 22.4. The number of rotatable bonds is 6. The first-order chi connectivity index (χ1) is 32.9. The normalized spacial score (nSPS) is 14.1. The molecule has 2 aliphatic rings. The lowest BCUT2D eigenvalue weighted by molar-refractivity contribution is 0.661. The molecular weight excluding hydrogens is 813 g/mol. The molecule has 1 unspecified atom stereocenters. The van der Waals surface area contributed by atoms with E-state index in [2.05, 4.69) is 188 Å². The minimum atomic E-state index is -0.169. The van der Waals surface area contributed by atoms with Crippen LogP contribution in [0.15, 0.2) is 212 Å². The second-order valence-electron chi connectivity index (χ2n) is 18.5. The van der Waals surface area contributed by atoms with Crippen LogP contribution in [0.3, 0.4) is 0 Å². The average Bonchev–Trinajstić information content (AvgIpc) is 3.98. The van der Waals surface area contributed by atoms with E-state index in [0.29, 0.717) is 11.4 Å². The molecule has 13 rings (SSSR count). The molecule has 11 aromatic rings. The molecule has 314 valence electrons. The maximum atomic E-state index is 9.77. The number of hydrogen-bond acceptors (Lipinski definition) is 3. The fraction of sp³-hybridized carbons (Fsp3) is 0.0635. The molecule has 0 fully saturated rings. The molecule has 1 atom stereocenters. The first-order valence-corrected chi connectivity index (χ1v) is 23.0. The van der Waals surface area contributed by atoms with Crippen molar-refractivity contribution in [1.82, 2.24) is 14.5 Å². The summed E-state index contributed by atoms with van der Waals surface area (Å²) >= 11 is 0. The van der Waals surface area contributed by atoms with Crippen molar-refractivity contribution < 1.29 is 0 Å². The van der Waals surface area contributed by atoms with Crippen molar-refractivity contribution in [3.05, 3.63) is 246 Å². The van der Waals surface area contributed by atoms with E-state index in [1.807, 2.05) is 48.5 Å². The monoisotopic (exact) mass is 854 g/mol. The summed E-state index contributed by atoms with van der Waals surface area (Å²) < 4.78 is 2.43. The quantitative estimate of drug-likeness (QED) is 0.167. The molecule has 2 aliphatic carbocycles. The molecular formula is C63H42N4. The molecule has 0 bridgehead atoms. The van der Waals surface area contributed by atoms with Crippen molar-refractivity contribution >= 4 is 21.8 Å². The van der Waals surface area contributed by atoms with Gasteiger partial charge in [0.15, 0.2) is 5.82 Å². The summed E-state index contributed by atoms with van der Waals surface area (Å²) in [6, 6.07) is 78.5. The van der Waals surface area contributed by atoms with Gasteiger partial charge in [0.2, 0.25) is 0 Å². The summed E-state index contributed by atoms with van der Waals surface area (Å²) in [7, 11) is 0. The van der Waals surface area contributed by atoms with Gasteiger partial charge in [-0.25, -0.2) is 9.97 Å². The van der Waals surface area contributed by atoms with Crippen LogP contribution in [0.5, 0.6) is 0 Å². The number of fused-ring (bicyclic) bond motifs is 9. The predicted molar refractivity (Wildman–Crippen MR) is 273 cm³/mol. The van der Waals surface area contributed by atoms with Gasteiger partial charge in [0.05, 0.1) is 34.1 Å². The maximum absolute atomic E-state index is 9.77. The lowest BCUT2D eigenvalue weighted by Crippen LogP contribution is -2.14. The second-order valence-corrected chi connectivity index (χ2v) is 18.5. The molecule has 0 amide bonds. The van der Waals surface area contributed by atoms with Gasteiger partial charge >= 0.3 is 0 Å². The molecule has 2 heterocycles. The minimum Gasteiger partial charge on any atom is -0.309 e. The van der Waals surface area contributed by atoms with Gasteiger partial charge < -0.3 is 4.57 Å². The molecule has 0 saturated carbocycles. The van der Waals surface area contributed by atoms with Crippen LogP contribution < -0.4 is 0 Å². The predicted octanol–water partition coefficient (Wildman–Crippen LogP) is 15.6. The average molecular weight is 855 g/mol. The molecule has 0 spiro atoms. The third kappa shape index (κ3) is 6.13. The Bertz CT molecular complexity index is 3850. The van der Waals surface area contributed by atoms with Gasteiger partial charge in [0.1, 0.15) is 0 Å². The van der Waals surface area contributed by atoms with Gasteiger partial charge in [-0.3, -0.25) is 0 Å². The van der Waals surface area contributed by atoms with Crippen LogP contribution in [0.2, 0.25) is 0 Å². The van der Waals surface area contributed by atoms with Crippen molar-refractivity contribution in [2.45, 2.75) is 25.2 Å². The third-order valence-corrected chi connectivity index (χ3v) is 14.3. The highest BCUT2D eigenvalue weighted by molar-refractivity contribution is 6.13. The number of aromatic nitrogens is 3. The van der Waals surface area contributed by atoms with E-state index in [4.69, 9.17) is 9.97 Å². The summed E-state index contributed by atoms with van der Waals surface area (Å²) in [4.78, 5) is 10.4. The van der Waals surface area contributed by atoms with E-state index in [9.17, 15) is 5.26 Å². The minimum absolute atomic E-state index is 0.169. The van der Waals surface area contributed by atoms with Crippen molar-refractivity contribution in [3.8, 4) is 79.0 Å². The lowest BCUT2D eigenvalue weighted by atomic mass is 9.82. The van der Waals surface area contributed by atoms with E-state index in [-0.39, 0.29) is 11.3 Å². The Kier molecular flexibility index (Phi) is 8.66. The van der Waals surface area contributed by atoms with Crippen LogP contribution in [0.4, 0.5) is 0 Å². The van der Waals surface area contributed by atoms with Crippen LogP contribution in [-0.4, -0.2) is 14.5 Å². The standard InChI is InChI=1S/C63H42N4/c1-63(2)55-26-12-11-24-48(55)52-35-54-53-34-43(42-27-29-50-51(33-42)47-23-9-10-25-49(47)61(50)41-18-7-4-8-19-41)28-30-59(53)67(60(54)36-56(52)63)46-22-14-21-45(32-46)62-65-57(40-16-5-3-6-17-40)37-58(66-62)44-20-13-15-39(31-44)38-64/h3-37,61H,1-2H3. The first-order valence-electron chi connectivity index (χ1n) is 23.0. The Labute approximate surface area is 389 Å². The molecule has 2 aromatic heterocycles. The van der Waals surface area contributed by atoms with E-state index in [0.717, 1.165) is 44.8 Å². The highest BCUT2D eigenvalue weighted by atomic mass is 15.0. The summed E-state index contributed by atoms with van der Waals surface area (Å²) in [5, 5.41) is 12.2. The number of nitrogens with zero attached hydrogens (tertiary/aromatic N) is 4. The number of benzene rings is 9. The smallest absolute Gasteiger partial charge is 0.160 e.